The molecule has 86 valence electrons. The van der Waals surface area contributed by atoms with Crippen molar-refractivity contribution in [1.82, 2.24) is 5.32 Å². The lowest BCUT2D eigenvalue weighted by Gasteiger charge is -1.99. The second kappa shape index (κ2) is 4.01. The van der Waals surface area contributed by atoms with Gasteiger partial charge in [-0.05, 0) is 40.6 Å². The van der Waals surface area contributed by atoms with Crippen molar-refractivity contribution in [2.75, 3.05) is 0 Å². The van der Waals surface area contributed by atoms with E-state index in [0.29, 0.717) is 18.1 Å². The lowest BCUT2D eigenvalue weighted by atomic mass is 10.1. The molecule has 2 aliphatic heterocycles. The van der Waals surface area contributed by atoms with Crippen molar-refractivity contribution in [2.45, 2.75) is 13.2 Å². The van der Waals surface area contributed by atoms with Crippen LogP contribution in [0.15, 0.2) is 23.1 Å². The summed E-state index contributed by atoms with van der Waals surface area (Å²) in [5.74, 6) is -0.322. The van der Waals surface area contributed by atoms with Crippen molar-refractivity contribution in [2.24, 2.45) is 0 Å². The monoisotopic (exact) mass is 247 g/mol. The van der Waals surface area contributed by atoms with E-state index in [0.717, 1.165) is 22.9 Å². The Morgan fingerprint density at radius 3 is 2.82 bits per heavy atom. The van der Waals surface area contributed by atoms with Crippen LogP contribution in [0.1, 0.15) is 16.7 Å². The van der Waals surface area contributed by atoms with Gasteiger partial charge in [0.15, 0.2) is 0 Å². The second-order valence-corrected chi connectivity index (χ2v) is 4.89. The Kier molecular flexibility index (Phi) is 2.49. The van der Waals surface area contributed by atoms with Crippen LogP contribution in [0.5, 0.6) is 0 Å². The maximum Gasteiger partial charge on any atom is 0.290 e. The molecule has 1 fully saturated rings. The van der Waals surface area contributed by atoms with Gasteiger partial charge in [0.25, 0.3) is 11.1 Å². The van der Waals surface area contributed by atoms with E-state index in [1.807, 2.05) is 18.2 Å². The molecular formula is C12H9NO3S. The normalized spacial score (nSPS) is 20.8. The fourth-order valence-corrected chi connectivity index (χ4v) is 2.54. The van der Waals surface area contributed by atoms with Crippen LogP contribution < -0.4 is 5.32 Å². The van der Waals surface area contributed by atoms with Gasteiger partial charge in [0, 0.05) is 0 Å². The number of benzene rings is 1. The maximum absolute atomic E-state index is 11.4. The third-order valence-corrected chi connectivity index (χ3v) is 3.50. The number of thioether (sulfide) groups is 1. The molecule has 4 nitrogen and oxygen atoms in total. The Hall–Kier alpha value is -1.59. The summed E-state index contributed by atoms with van der Waals surface area (Å²) in [5.41, 5.74) is 3.25. The van der Waals surface area contributed by atoms with Crippen molar-refractivity contribution < 1.29 is 14.3 Å². The van der Waals surface area contributed by atoms with Crippen LogP contribution in [0.4, 0.5) is 4.79 Å². The van der Waals surface area contributed by atoms with Crippen LogP contribution in [-0.2, 0) is 22.7 Å². The van der Waals surface area contributed by atoms with Crippen molar-refractivity contribution in [1.29, 1.82) is 0 Å². The minimum atomic E-state index is -0.322. The molecule has 0 saturated carbocycles. The Morgan fingerprint density at radius 2 is 2.06 bits per heavy atom. The van der Waals surface area contributed by atoms with Crippen LogP contribution in [0.3, 0.4) is 0 Å². The minimum absolute atomic E-state index is 0.314. The average Bonchev–Trinajstić information content (AvgIpc) is 2.85. The quantitative estimate of drug-likeness (QED) is 0.771. The lowest BCUT2D eigenvalue weighted by molar-refractivity contribution is -0.115. The number of carbonyl (C=O) groups excluding carboxylic acids is 2. The predicted molar refractivity (Wildman–Crippen MR) is 64.0 cm³/mol. The molecule has 0 bridgehead atoms. The van der Waals surface area contributed by atoms with E-state index < -0.39 is 0 Å². The molecule has 0 spiro atoms. The van der Waals surface area contributed by atoms with Gasteiger partial charge in [0.2, 0.25) is 0 Å². The van der Waals surface area contributed by atoms with Crippen molar-refractivity contribution in [3.8, 4) is 0 Å². The number of hydrogen-bond acceptors (Lipinski definition) is 4. The number of ether oxygens (including phenoxy) is 1. The number of rotatable bonds is 1. The van der Waals surface area contributed by atoms with Crippen LogP contribution in [0, 0.1) is 0 Å². The second-order valence-electron chi connectivity index (χ2n) is 3.87. The first-order valence-corrected chi connectivity index (χ1v) is 5.98. The highest BCUT2D eigenvalue weighted by Gasteiger charge is 2.25. The summed E-state index contributed by atoms with van der Waals surface area (Å²) in [4.78, 5) is 22.8. The maximum atomic E-state index is 11.4. The fraction of sp³-hybridized carbons (Fsp3) is 0.167. The van der Waals surface area contributed by atoms with Gasteiger partial charge in [0.05, 0.1) is 18.1 Å². The fourth-order valence-electron chi connectivity index (χ4n) is 1.85. The molecule has 0 aliphatic carbocycles. The summed E-state index contributed by atoms with van der Waals surface area (Å²) in [6.07, 6.45) is 1.73. The summed E-state index contributed by atoms with van der Waals surface area (Å²) < 4.78 is 5.32. The molecule has 0 atom stereocenters. The van der Waals surface area contributed by atoms with Crippen LogP contribution in [0.2, 0.25) is 0 Å². The Morgan fingerprint density at radius 1 is 1.24 bits per heavy atom. The summed E-state index contributed by atoms with van der Waals surface area (Å²) in [5, 5.41) is 1.92. The van der Waals surface area contributed by atoms with Crippen molar-refractivity contribution >= 4 is 29.0 Å². The standard InChI is InChI=1S/C12H9NO3S/c14-11-10(17-12(15)13-11)4-7-1-2-8-5-16-6-9(8)3-7/h1-4H,5-6H2,(H,13,14,15). The van der Waals surface area contributed by atoms with Gasteiger partial charge in [-0.3, -0.25) is 14.9 Å². The molecule has 0 aromatic heterocycles. The summed E-state index contributed by atoms with van der Waals surface area (Å²) in [6, 6.07) is 5.91. The van der Waals surface area contributed by atoms with E-state index in [4.69, 9.17) is 4.74 Å². The summed E-state index contributed by atoms with van der Waals surface area (Å²) in [7, 11) is 0. The Balaban J connectivity index is 1.93. The number of fused-ring (bicyclic) bond motifs is 1. The third-order valence-electron chi connectivity index (χ3n) is 2.69. The lowest BCUT2D eigenvalue weighted by Crippen LogP contribution is -2.17. The number of amides is 2. The van der Waals surface area contributed by atoms with E-state index in [9.17, 15) is 9.59 Å². The van der Waals surface area contributed by atoms with E-state index in [1.165, 1.54) is 5.56 Å². The number of hydrogen-bond donors (Lipinski definition) is 1. The van der Waals surface area contributed by atoms with Crippen molar-refractivity contribution in [3.05, 3.63) is 39.8 Å². The zero-order chi connectivity index (χ0) is 11.8. The number of imide groups is 1. The predicted octanol–water partition coefficient (Wildman–Crippen LogP) is 2.04. The van der Waals surface area contributed by atoms with Crippen LogP contribution >= 0.6 is 11.8 Å². The number of carbonyl (C=O) groups is 2. The molecule has 3 rings (SSSR count). The molecule has 17 heavy (non-hydrogen) atoms. The zero-order valence-corrected chi connectivity index (χ0v) is 9.67. The van der Waals surface area contributed by atoms with Gasteiger partial charge in [0.1, 0.15) is 0 Å². The zero-order valence-electron chi connectivity index (χ0n) is 8.86. The molecular weight excluding hydrogens is 238 g/mol. The highest BCUT2D eigenvalue weighted by atomic mass is 32.2. The van der Waals surface area contributed by atoms with E-state index in [1.54, 1.807) is 6.08 Å². The van der Waals surface area contributed by atoms with E-state index in [2.05, 4.69) is 5.32 Å². The smallest absolute Gasteiger partial charge is 0.290 e. The molecule has 0 unspecified atom stereocenters. The minimum Gasteiger partial charge on any atom is -0.372 e. The molecule has 5 heteroatoms. The average molecular weight is 247 g/mol. The number of nitrogens with one attached hydrogen (secondary N) is 1. The van der Waals surface area contributed by atoms with Gasteiger partial charge in [-0.2, -0.15) is 0 Å². The van der Waals surface area contributed by atoms with E-state index in [-0.39, 0.29) is 11.1 Å². The highest BCUT2D eigenvalue weighted by Crippen LogP contribution is 2.27. The summed E-state index contributed by atoms with van der Waals surface area (Å²) >= 11 is 0.932. The molecule has 2 aliphatic rings. The first kappa shape index (κ1) is 10.6. The third kappa shape index (κ3) is 1.99. The van der Waals surface area contributed by atoms with E-state index >= 15 is 0 Å². The van der Waals surface area contributed by atoms with Gasteiger partial charge in [-0.1, -0.05) is 12.1 Å². The van der Waals surface area contributed by atoms with Gasteiger partial charge in [-0.15, -0.1) is 0 Å². The molecule has 2 heterocycles. The van der Waals surface area contributed by atoms with Crippen LogP contribution in [-0.4, -0.2) is 11.1 Å². The Bertz CT molecular complexity index is 551. The van der Waals surface area contributed by atoms with Crippen molar-refractivity contribution in [3.63, 3.8) is 0 Å². The SMILES string of the molecule is O=C1NC(=O)C(=Cc2ccc3c(c2)COC3)S1. The largest absolute Gasteiger partial charge is 0.372 e. The topological polar surface area (TPSA) is 55.4 Å². The molecule has 1 saturated heterocycles. The van der Waals surface area contributed by atoms with Gasteiger partial charge in [-0.25, -0.2) is 0 Å². The van der Waals surface area contributed by atoms with Gasteiger partial charge >= 0.3 is 0 Å². The molecule has 2 amide bonds. The molecule has 1 aromatic carbocycles. The summed E-state index contributed by atoms with van der Waals surface area (Å²) in [6.45, 7) is 1.27. The highest BCUT2D eigenvalue weighted by molar-refractivity contribution is 8.18. The Labute approximate surface area is 102 Å². The molecule has 0 radical (unpaired) electrons. The first-order chi connectivity index (χ1) is 8.22. The molecule has 1 N–H and O–H groups in total. The molecule has 1 aromatic rings. The van der Waals surface area contributed by atoms with Crippen LogP contribution in [0.25, 0.3) is 6.08 Å². The van der Waals surface area contributed by atoms with Gasteiger partial charge < -0.3 is 4.74 Å². The first-order valence-electron chi connectivity index (χ1n) is 5.17.